The summed E-state index contributed by atoms with van der Waals surface area (Å²) in [4.78, 5) is 10.8. The molecule has 0 amide bonds. The van der Waals surface area contributed by atoms with Gasteiger partial charge in [-0.2, -0.15) is 0 Å². The van der Waals surface area contributed by atoms with E-state index in [1.165, 1.54) is 25.2 Å². The molecule has 0 radical (unpaired) electrons. The number of hydrogen-bond acceptors (Lipinski definition) is 2. The summed E-state index contributed by atoms with van der Waals surface area (Å²) >= 11 is 0. The fourth-order valence-corrected chi connectivity index (χ4v) is 0.983. The first-order chi connectivity index (χ1) is 5.07. The van der Waals surface area contributed by atoms with Gasteiger partial charge in [-0.15, -0.1) is 0 Å². The Hall–Kier alpha value is -0.960. The van der Waals surface area contributed by atoms with Crippen molar-refractivity contribution in [2.24, 2.45) is 5.73 Å². The van der Waals surface area contributed by atoms with Crippen molar-refractivity contribution in [1.29, 1.82) is 0 Å². The molecule has 2 nitrogen and oxygen atoms in total. The Kier molecular flexibility index (Phi) is 1.91. The van der Waals surface area contributed by atoms with Crippen molar-refractivity contribution in [3.05, 3.63) is 24.3 Å². The molecular formula is C8H10FNO. The number of allylic oxidation sites excluding steroid dienone is 2. The van der Waals surface area contributed by atoms with Gasteiger partial charge in [0.2, 0.25) is 5.67 Å². The lowest BCUT2D eigenvalue weighted by molar-refractivity contribution is -0.126. The van der Waals surface area contributed by atoms with Gasteiger partial charge in [-0.25, -0.2) is 4.39 Å². The van der Waals surface area contributed by atoms with Crippen molar-refractivity contribution in [3.63, 3.8) is 0 Å². The molecule has 1 aliphatic rings. The van der Waals surface area contributed by atoms with Crippen LogP contribution in [0.15, 0.2) is 24.3 Å². The third-order valence-electron chi connectivity index (χ3n) is 1.79. The van der Waals surface area contributed by atoms with Crippen LogP contribution in [-0.4, -0.2) is 17.5 Å². The Morgan fingerprint density at radius 2 is 2.27 bits per heavy atom. The summed E-state index contributed by atoms with van der Waals surface area (Å²) in [6.07, 6.45) is 5.79. The number of halogens is 1. The van der Waals surface area contributed by atoms with Crippen molar-refractivity contribution in [3.8, 4) is 0 Å². The number of rotatable bonds is 1. The summed E-state index contributed by atoms with van der Waals surface area (Å²) in [7, 11) is 0. The molecule has 2 atom stereocenters. The third-order valence-corrected chi connectivity index (χ3v) is 1.79. The number of nitrogens with two attached hydrogens (primary N) is 1. The van der Waals surface area contributed by atoms with E-state index in [1.54, 1.807) is 6.08 Å². The second kappa shape index (κ2) is 2.58. The van der Waals surface area contributed by atoms with Crippen molar-refractivity contribution in [2.45, 2.75) is 18.6 Å². The average molecular weight is 155 g/mol. The zero-order valence-corrected chi connectivity index (χ0v) is 6.25. The maximum Gasteiger partial charge on any atom is 0.205 e. The van der Waals surface area contributed by atoms with E-state index in [1.807, 2.05) is 0 Å². The predicted molar refractivity (Wildman–Crippen MR) is 40.8 cm³/mol. The van der Waals surface area contributed by atoms with E-state index in [-0.39, 0.29) is 0 Å². The number of Topliss-reactive ketones (excluding diaryl/α,β-unsaturated/α-hetero) is 1. The van der Waals surface area contributed by atoms with E-state index in [4.69, 9.17) is 5.73 Å². The van der Waals surface area contributed by atoms with Crippen LogP contribution in [0.4, 0.5) is 4.39 Å². The Morgan fingerprint density at radius 3 is 2.64 bits per heavy atom. The number of carbonyl (C=O) groups excluding carboxylic acids is 1. The molecule has 11 heavy (non-hydrogen) atoms. The second-order valence-corrected chi connectivity index (χ2v) is 2.59. The first-order valence-electron chi connectivity index (χ1n) is 3.39. The van der Waals surface area contributed by atoms with Gasteiger partial charge in [0.15, 0.2) is 5.78 Å². The van der Waals surface area contributed by atoms with Crippen LogP contribution in [0.5, 0.6) is 0 Å². The molecule has 2 unspecified atom stereocenters. The zero-order valence-electron chi connectivity index (χ0n) is 6.25. The Bertz CT molecular complexity index is 234. The van der Waals surface area contributed by atoms with Crippen LogP contribution in [0.2, 0.25) is 0 Å². The van der Waals surface area contributed by atoms with Crippen molar-refractivity contribution in [2.75, 3.05) is 0 Å². The highest BCUT2D eigenvalue weighted by molar-refractivity contribution is 5.88. The lowest BCUT2D eigenvalue weighted by Crippen LogP contribution is -2.47. The van der Waals surface area contributed by atoms with E-state index in [0.717, 1.165) is 0 Å². The predicted octanol–water partition coefficient (Wildman–Crippen LogP) is 0.737. The van der Waals surface area contributed by atoms with Gasteiger partial charge in [0.05, 0.1) is 6.04 Å². The van der Waals surface area contributed by atoms with Gasteiger partial charge in [-0.05, 0) is 13.0 Å². The molecule has 0 aromatic rings. The SMILES string of the molecule is CC(=O)C1(F)C=CC=CC1N. The van der Waals surface area contributed by atoms with Crippen LogP contribution >= 0.6 is 0 Å². The highest BCUT2D eigenvalue weighted by Crippen LogP contribution is 2.22. The van der Waals surface area contributed by atoms with Crippen LogP contribution < -0.4 is 5.73 Å². The summed E-state index contributed by atoms with van der Waals surface area (Å²) in [5, 5.41) is 0. The van der Waals surface area contributed by atoms with E-state index < -0.39 is 17.5 Å². The molecule has 0 saturated carbocycles. The second-order valence-electron chi connectivity index (χ2n) is 2.59. The van der Waals surface area contributed by atoms with Crippen LogP contribution in [0.3, 0.4) is 0 Å². The largest absolute Gasteiger partial charge is 0.321 e. The number of alkyl halides is 1. The lowest BCUT2D eigenvalue weighted by atomic mass is 9.89. The van der Waals surface area contributed by atoms with Crippen molar-refractivity contribution < 1.29 is 9.18 Å². The topological polar surface area (TPSA) is 43.1 Å². The molecule has 0 fully saturated rings. The van der Waals surface area contributed by atoms with Gasteiger partial charge in [0, 0.05) is 0 Å². The van der Waals surface area contributed by atoms with Gasteiger partial charge in [-0.3, -0.25) is 4.79 Å². The molecule has 0 spiro atoms. The summed E-state index contributed by atoms with van der Waals surface area (Å²) in [5.41, 5.74) is 3.39. The minimum absolute atomic E-state index is 0.550. The van der Waals surface area contributed by atoms with Crippen molar-refractivity contribution >= 4 is 5.78 Å². The van der Waals surface area contributed by atoms with Crippen molar-refractivity contribution in [1.82, 2.24) is 0 Å². The molecule has 0 aromatic heterocycles. The van der Waals surface area contributed by atoms with Gasteiger partial charge < -0.3 is 5.73 Å². The normalized spacial score (nSPS) is 35.7. The Balaban J connectivity index is 2.94. The zero-order chi connectivity index (χ0) is 8.48. The van der Waals surface area contributed by atoms with E-state index >= 15 is 0 Å². The Labute approximate surface area is 64.6 Å². The highest BCUT2D eigenvalue weighted by atomic mass is 19.1. The van der Waals surface area contributed by atoms with Gasteiger partial charge in [0.25, 0.3) is 0 Å². The molecule has 2 N–H and O–H groups in total. The highest BCUT2D eigenvalue weighted by Gasteiger charge is 2.38. The Morgan fingerprint density at radius 1 is 1.64 bits per heavy atom. The van der Waals surface area contributed by atoms with Gasteiger partial charge in [0.1, 0.15) is 0 Å². The van der Waals surface area contributed by atoms with Crippen LogP contribution in [0.25, 0.3) is 0 Å². The minimum atomic E-state index is -1.99. The molecule has 60 valence electrons. The third kappa shape index (κ3) is 1.24. The summed E-state index contributed by atoms with van der Waals surface area (Å²) in [5.74, 6) is -0.550. The lowest BCUT2D eigenvalue weighted by Gasteiger charge is -2.25. The smallest absolute Gasteiger partial charge is 0.205 e. The fourth-order valence-electron chi connectivity index (χ4n) is 0.983. The van der Waals surface area contributed by atoms with Gasteiger partial charge >= 0.3 is 0 Å². The van der Waals surface area contributed by atoms with E-state index in [2.05, 4.69) is 0 Å². The summed E-state index contributed by atoms with van der Waals surface area (Å²) in [6.45, 7) is 1.20. The minimum Gasteiger partial charge on any atom is -0.321 e. The molecule has 0 heterocycles. The van der Waals surface area contributed by atoms with E-state index in [9.17, 15) is 9.18 Å². The first-order valence-corrected chi connectivity index (χ1v) is 3.39. The molecular weight excluding hydrogens is 145 g/mol. The van der Waals surface area contributed by atoms with Gasteiger partial charge in [-0.1, -0.05) is 18.2 Å². The fraction of sp³-hybridized carbons (Fsp3) is 0.375. The summed E-state index contributed by atoms with van der Waals surface area (Å²) < 4.78 is 13.5. The molecule has 1 aliphatic carbocycles. The number of hydrogen-bond donors (Lipinski definition) is 1. The quantitative estimate of drug-likeness (QED) is 0.606. The number of ketones is 1. The molecule has 0 saturated heterocycles. The van der Waals surface area contributed by atoms with E-state index in [0.29, 0.717) is 0 Å². The number of carbonyl (C=O) groups is 1. The molecule has 0 aliphatic heterocycles. The molecule has 1 rings (SSSR count). The first kappa shape index (κ1) is 8.14. The van der Waals surface area contributed by atoms with Crippen LogP contribution in [0, 0.1) is 0 Å². The average Bonchev–Trinajstić information content (AvgIpc) is 1.95. The molecule has 3 heteroatoms. The molecule has 0 bridgehead atoms. The summed E-state index contributed by atoms with van der Waals surface area (Å²) in [6, 6.07) is -0.843. The van der Waals surface area contributed by atoms with Crippen LogP contribution in [0.1, 0.15) is 6.92 Å². The standard InChI is InChI=1S/C8H10FNO/c1-6(11)8(9)5-3-2-4-7(8)10/h2-5,7H,10H2,1H3. The molecule has 0 aromatic carbocycles. The maximum absolute atomic E-state index is 13.5. The monoisotopic (exact) mass is 155 g/mol. The maximum atomic E-state index is 13.5. The van der Waals surface area contributed by atoms with Crippen LogP contribution in [-0.2, 0) is 4.79 Å².